The number of rotatable bonds is 6. The van der Waals surface area contributed by atoms with Crippen molar-refractivity contribution >= 4 is 22.4 Å². The highest BCUT2D eigenvalue weighted by Gasteiger charge is 2.12. The number of anilines is 2. The van der Waals surface area contributed by atoms with Crippen molar-refractivity contribution in [2.75, 3.05) is 10.6 Å². The van der Waals surface area contributed by atoms with Gasteiger partial charge in [-0.05, 0) is 60.7 Å². The average molecular weight is 376 g/mol. The lowest BCUT2D eigenvalue weighted by Gasteiger charge is -2.08. The highest BCUT2D eigenvalue weighted by atomic mass is 16.3. The van der Waals surface area contributed by atoms with Crippen molar-refractivity contribution in [1.29, 1.82) is 0 Å². The van der Waals surface area contributed by atoms with E-state index in [2.05, 4.69) is 10.6 Å². The summed E-state index contributed by atoms with van der Waals surface area (Å²) in [5, 5.41) is 25.2. The highest BCUT2D eigenvalue weighted by molar-refractivity contribution is 5.76. The minimum absolute atomic E-state index is 0.140. The van der Waals surface area contributed by atoms with Gasteiger partial charge in [-0.3, -0.25) is 9.13 Å². The smallest absolute Gasteiger partial charge is 0.332 e. The molecule has 0 aliphatic carbocycles. The Morgan fingerprint density at radius 2 is 1.04 bits per heavy atom. The van der Waals surface area contributed by atoms with Crippen LogP contribution in [0, 0.1) is 0 Å². The van der Waals surface area contributed by atoms with Gasteiger partial charge in [0.1, 0.15) is 11.5 Å². The summed E-state index contributed by atoms with van der Waals surface area (Å²) in [7, 11) is 0. The number of phenols is 2. The van der Waals surface area contributed by atoms with Crippen molar-refractivity contribution < 1.29 is 10.2 Å². The van der Waals surface area contributed by atoms with Crippen LogP contribution in [0.4, 0.5) is 11.4 Å². The third-order valence-corrected chi connectivity index (χ3v) is 4.54. The van der Waals surface area contributed by atoms with Crippen LogP contribution < -0.4 is 16.3 Å². The van der Waals surface area contributed by atoms with E-state index in [0.717, 1.165) is 22.4 Å². The third-order valence-electron chi connectivity index (χ3n) is 4.54. The van der Waals surface area contributed by atoms with Crippen LogP contribution in [0.25, 0.3) is 11.0 Å². The molecule has 0 spiro atoms. The summed E-state index contributed by atoms with van der Waals surface area (Å²) in [5.74, 6) is 0.388. The Hall–Kier alpha value is -3.87. The molecule has 0 fully saturated rings. The van der Waals surface area contributed by atoms with Gasteiger partial charge in [-0.1, -0.05) is 12.1 Å². The Morgan fingerprint density at radius 3 is 1.43 bits per heavy atom. The lowest BCUT2D eigenvalue weighted by atomic mass is 10.3. The number of aromatic hydroxyl groups is 2. The first-order chi connectivity index (χ1) is 13.6. The van der Waals surface area contributed by atoms with Crippen LogP contribution >= 0.6 is 0 Å². The van der Waals surface area contributed by atoms with E-state index in [-0.39, 0.29) is 17.2 Å². The van der Waals surface area contributed by atoms with Crippen LogP contribution in [0.15, 0.2) is 77.6 Å². The van der Waals surface area contributed by atoms with Gasteiger partial charge < -0.3 is 20.8 Å². The Kier molecular flexibility index (Phi) is 4.63. The molecule has 0 aliphatic rings. The van der Waals surface area contributed by atoms with Crippen molar-refractivity contribution in [3.05, 3.63) is 83.3 Å². The molecule has 3 aromatic carbocycles. The van der Waals surface area contributed by atoms with E-state index in [0.29, 0.717) is 13.3 Å². The van der Waals surface area contributed by atoms with Crippen LogP contribution in [0.5, 0.6) is 11.5 Å². The largest absolute Gasteiger partial charge is 0.508 e. The van der Waals surface area contributed by atoms with Gasteiger partial charge in [0.05, 0.1) is 24.4 Å². The first-order valence-corrected chi connectivity index (χ1v) is 8.86. The zero-order valence-electron chi connectivity index (χ0n) is 15.0. The van der Waals surface area contributed by atoms with Crippen molar-refractivity contribution in [2.45, 2.75) is 13.3 Å². The average Bonchev–Trinajstić information content (AvgIpc) is 2.98. The summed E-state index contributed by atoms with van der Waals surface area (Å²) in [6, 6.07) is 21.0. The van der Waals surface area contributed by atoms with Crippen molar-refractivity contribution in [3.8, 4) is 11.5 Å². The van der Waals surface area contributed by atoms with Gasteiger partial charge in [0.25, 0.3) is 0 Å². The Morgan fingerprint density at radius 1 is 0.643 bits per heavy atom. The first kappa shape index (κ1) is 17.5. The molecule has 142 valence electrons. The summed E-state index contributed by atoms with van der Waals surface area (Å²) in [6.45, 7) is 0.604. The molecular formula is C21H20N4O3. The molecule has 1 aromatic heterocycles. The van der Waals surface area contributed by atoms with Crippen molar-refractivity contribution in [2.24, 2.45) is 0 Å². The van der Waals surface area contributed by atoms with Crippen molar-refractivity contribution in [1.82, 2.24) is 9.13 Å². The molecule has 0 bridgehead atoms. The quantitative estimate of drug-likeness (QED) is 0.388. The van der Waals surface area contributed by atoms with Crippen LogP contribution in [0.2, 0.25) is 0 Å². The summed E-state index contributed by atoms with van der Waals surface area (Å²) in [6.07, 6.45) is 0. The second-order valence-electron chi connectivity index (χ2n) is 6.39. The molecule has 0 saturated heterocycles. The minimum Gasteiger partial charge on any atom is -0.508 e. The van der Waals surface area contributed by atoms with E-state index in [9.17, 15) is 15.0 Å². The fourth-order valence-corrected chi connectivity index (χ4v) is 3.08. The van der Waals surface area contributed by atoms with Crippen LogP contribution in [-0.2, 0) is 13.3 Å². The first-order valence-electron chi connectivity index (χ1n) is 8.86. The van der Waals surface area contributed by atoms with Crippen molar-refractivity contribution in [3.63, 3.8) is 0 Å². The number of aromatic nitrogens is 2. The van der Waals surface area contributed by atoms with Crippen LogP contribution in [0.1, 0.15) is 0 Å². The van der Waals surface area contributed by atoms with Gasteiger partial charge in [0.15, 0.2) is 0 Å². The number of fused-ring (bicyclic) bond motifs is 1. The summed E-state index contributed by atoms with van der Waals surface area (Å²) in [4.78, 5) is 13.0. The zero-order valence-corrected chi connectivity index (χ0v) is 15.0. The topological polar surface area (TPSA) is 91.5 Å². The lowest BCUT2D eigenvalue weighted by molar-refractivity contribution is 0.475. The second kappa shape index (κ2) is 7.40. The SMILES string of the molecule is O=c1n(CNc2ccc(O)cc2)c2ccccc2n1CNc1ccc(O)cc1. The number of phenolic OH excluding ortho intramolecular Hbond substituents is 2. The molecule has 0 amide bonds. The number of hydrogen-bond donors (Lipinski definition) is 4. The molecular weight excluding hydrogens is 356 g/mol. The molecule has 0 atom stereocenters. The predicted octanol–water partition coefficient (Wildman–Crippen LogP) is 3.35. The molecule has 4 N–H and O–H groups in total. The molecule has 4 aromatic rings. The van der Waals surface area contributed by atoms with E-state index in [1.807, 2.05) is 24.3 Å². The number of para-hydroxylation sites is 2. The molecule has 0 unspecified atom stereocenters. The van der Waals surface area contributed by atoms with Gasteiger partial charge in [0.2, 0.25) is 0 Å². The van der Waals surface area contributed by atoms with Gasteiger partial charge in [-0.25, -0.2) is 4.79 Å². The standard InChI is InChI=1S/C21H20N4O3/c26-17-9-5-15(6-10-17)22-13-24-19-3-1-2-4-20(19)25(21(24)28)14-23-16-7-11-18(27)12-8-16/h1-12,22-23,26-27H,13-14H2. The maximum atomic E-state index is 13.0. The minimum atomic E-state index is -0.140. The zero-order chi connectivity index (χ0) is 19.5. The Balaban J connectivity index is 1.60. The molecule has 0 radical (unpaired) electrons. The number of imidazole rings is 1. The second-order valence-corrected chi connectivity index (χ2v) is 6.39. The summed E-state index contributed by atoms with van der Waals surface area (Å²) >= 11 is 0. The maximum absolute atomic E-state index is 13.0. The molecule has 1 heterocycles. The molecule has 7 nitrogen and oxygen atoms in total. The Bertz CT molecular complexity index is 1060. The van der Waals surface area contributed by atoms with Crippen LogP contribution in [0.3, 0.4) is 0 Å². The highest BCUT2D eigenvalue weighted by Crippen LogP contribution is 2.17. The van der Waals surface area contributed by atoms with E-state index < -0.39 is 0 Å². The summed E-state index contributed by atoms with van der Waals surface area (Å²) in [5.41, 5.74) is 3.13. The van der Waals surface area contributed by atoms with E-state index >= 15 is 0 Å². The third kappa shape index (κ3) is 3.50. The molecule has 4 rings (SSSR count). The number of nitrogens with one attached hydrogen (secondary N) is 2. The Labute approximate surface area is 161 Å². The maximum Gasteiger partial charge on any atom is 0.332 e. The molecule has 7 heteroatoms. The predicted molar refractivity (Wildman–Crippen MR) is 110 cm³/mol. The van der Waals surface area contributed by atoms with E-state index in [1.54, 1.807) is 57.7 Å². The molecule has 28 heavy (non-hydrogen) atoms. The molecule has 0 saturated carbocycles. The van der Waals surface area contributed by atoms with Gasteiger partial charge in [-0.15, -0.1) is 0 Å². The monoisotopic (exact) mass is 376 g/mol. The van der Waals surface area contributed by atoms with Crippen LogP contribution in [-0.4, -0.2) is 19.3 Å². The fourth-order valence-electron chi connectivity index (χ4n) is 3.08. The van der Waals surface area contributed by atoms with Gasteiger partial charge in [0, 0.05) is 11.4 Å². The normalized spacial score (nSPS) is 10.9. The number of nitrogens with zero attached hydrogens (tertiary/aromatic N) is 2. The number of hydrogen-bond acceptors (Lipinski definition) is 5. The van der Waals surface area contributed by atoms with Gasteiger partial charge in [-0.2, -0.15) is 0 Å². The fraction of sp³-hybridized carbons (Fsp3) is 0.0952. The summed E-state index contributed by atoms with van der Waals surface area (Å²) < 4.78 is 3.33. The van der Waals surface area contributed by atoms with Gasteiger partial charge >= 0.3 is 5.69 Å². The van der Waals surface area contributed by atoms with E-state index in [4.69, 9.17) is 0 Å². The number of benzene rings is 3. The lowest BCUT2D eigenvalue weighted by Crippen LogP contribution is -2.28. The van der Waals surface area contributed by atoms with E-state index in [1.165, 1.54) is 0 Å². The molecule has 0 aliphatic heterocycles.